The zero-order valence-corrected chi connectivity index (χ0v) is 9.18. The number of nitrogens with zero attached hydrogens (tertiary/aromatic N) is 2. The van der Waals surface area contributed by atoms with Gasteiger partial charge in [0.25, 0.3) is 0 Å². The number of azo groups is 1. The average molecular weight is 224 g/mol. The highest BCUT2D eigenvalue weighted by Gasteiger charge is 2.01. The Labute approximate surface area is 93.1 Å². The molecule has 1 aromatic rings. The maximum Gasteiger partial charge on any atom is 0.302 e. The van der Waals surface area contributed by atoms with Gasteiger partial charge in [-0.3, -0.25) is 4.79 Å². The second-order valence-corrected chi connectivity index (χ2v) is 3.34. The van der Waals surface area contributed by atoms with Crippen LogP contribution in [-0.4, -0.2) is 18.6 Å². The summed E-state index contributed by atoms with van der Waals surface area (Å²) in [7, 11) is 0. The maximum absolute atomic E-state index is 12.6. The lowest BCUT2D eigenvalue weighted by molar-refractivity contribution is -0.141. The Kier molecular flexibility index (Phi) is 4.57. The molecule has 0 aliphatic heterocycles. The molecule has 4 nitrogen and oxygen atoms in total. The van der Waals surface area contributed by atoms with E-state index in [4.69, 9.17) is 4.74 Å². The predicted molar refractivity (Wildman–Crippen MR) is 57.0 cm³/mol. The number of halogens is 1. The molecule has 0 fully saturated rings. The van der Waals surface area contributed by atoms with Crippen molar-refractivity contribution in [2.45, 2.75) is 19.9 Å². The molecule has 1 unspecified atom stereocenters. The number of carbonyl (C=O) groups is 1. The molecule has 5 heteroatoms. The summed E-state index contributed by atoms with van der Waals surface area (Å²) in [5.41, 5.74) is 0.566. The first-order chi connectivity index (χ1) is 7.58. The molecule has 16 heavy (non-hydrogen) atoms. The second-order valence-electron chi connectivity index (χ2n) is 3.34. The molecule has 0 amide bonds. The molecular formula is C11H13FN2O2. The van der Waals surface area contributed by atoms with Crippen LogP contribution >= 0.6 is 0 Å². The number of benzene rings is 1. The van der Waals surface area contributed by atoms with E-state index >= 15 is 0 Å². The lowest BCUT2D eigenvalue weighted by Gasteiger charge is -2.04. The molecule has 0 bridgehead atoms. The number of hydrogen-bond acceptors (Lipinski definition) is 4. The zero-order valence-electron chi connectivity index (χ0n) is 9.18. The summed E-state index contributed by atoms with van der Waals surface area (Å²) in [5.74, 6) is -0.657. The molecule has 0 radical (unpaired) electrons. The van der Waals surface area contributed by atoms with Gasteiger partial charge in [-0.05, 0) is 31.2 Å². The van der Waals surface area contributed by atoms with E-state index in [1.54, 1.807) is 6.92 Å². The van der Waals surface area contributed by atoms with Crippen LogP contribution < -0.4 is 0 Å². The molecule has 0 saturated heterocycles. The van der Waals surface area contributed by atoms with Crippen molar-refractivity contribution < 1.29 is 13.9 Å². The maximum atomic E-state index is 12.6. The molecule has 86 valence electrons. The van der Waals surface area contributed by atoms with Gasteiger partial charge in [-0.15, -0.1) is 0 Å². The third kappa shape index (κ3) is 4.63. The Balaban J connectivity index is 2.46. The molecule has 0 aliphatic rings. The summed E-state index contributed by atoms with van der Waals surface area (Å²) >= 11 is 0. The first-order valence-corrected chi connectivity index (χ1v) is 4.87. The minimum atomic E-state index is -0.344. The van der Waals surface area contributed by atoms with Crippen molar-refractivity contribution in [3.63, 3.8) is 0 Å². The monoisotopic (exact) mass is 224 g/mol. The van der Waals surface area contributed by atoms with Crippen molar-refractivity contribution in [1.82, 2.24) is 0 Å². The average Bonchev–Trinajstić information content (AvgIpc) is 2.25. The van der Waals surface area contributed by atoms with Gasteiger partial charge in [0, 0.05) is 6.92 Å². The van der Waals surface area contributed by atoms with Gasteiger partial charge in [0.1, 0.15) is 18.5 Å². The number of ether oxygens (including phenoxy) is 1. The zero-order chi connectivity index (χ0) is 12.0. The Bertz CT molecular complexity index is 376. The largest absolute Gasteiger partial charge is 0.464 e. The van der Waals surface area contributed by atoms with Crippen molar-refractivity contribution in [3.8, 4) is 0 Å². The van der Waals surface area contributed by atoms with Gasteiger partial charge in [-0.1, -0.05) is 0 Å². The van der Waals surface area contributed by atoms with Crippen LogP contribution in [0, 0.1) is 5.82 Å². The fourth-order valence-electron chi connectivity index (χ4n) is 0.944. The Morgan fingerprint density at radius 2 is 2.06 bits per heavy atom. The van der Waals surface area contributed by atoms with Crippen molar-refractivity contribution in [2.75, 3.05) is 6.61 Å². The highest BCUT2D eigenvalue weighted by Crippen LogP contribution is 2.13. The van der Waals surface area contributed by atoms with E-state index in [9.17, 15) is 9.18 Å². The van der Waals surface area contributed by atoms with Crippen LogP contribution in [0.25, 0.3) is 0 Å². The fourth-order valence-corrected chi connectivity index (χ4v) is 0.944. The van der Waals surface area contributed by atoms with Crippen LogP contribution in [0.3, 0.4) is 0 Å². The minimum absolute atomic E-state index is 0.194. The predicted octanol–water partition coefficient (Wildman–Crippen LogP) is 2.86. The number of hydrogen-bond donors (Lipinski definition) is 0. The lowest BCUT2D eigenvalue weighted by Crippen LogP contribution is -2.11. The topological polar surface area (TPSA) is 51.0 Å². The Morgan fingerprint density at radius 1 is 1.44 bits per heavy atom. The first-order valence-electron chi connectivity index (χ1n) is 4.87. The van der Waals surface area contributed by atoms with Gasteiger partial charge in [-0.25, -0.2) is 4.39 Å². The van der Waals surface area contributed by atoms with Crippen molar-refractivity contribution >= 4 is 11.7 Å². The molecule has 0 N–H and O–H groups in total. The van der Waals surface area contributed by atoms with E-state index in [0.717, 1.165) is 0 Å². The molecule has 0 spiro atoms. The third-order valence-corrected chi connectivity index (χ3v) is 1.72. The normalized spacial score (nSPS) is 12.7. The van der Waals surface area contributed by atoms with Crippen LogP contribution in [0.1, 0.15) is 13.8 Å². The quantitative estimate of drug-likeness (QED) is 0.583. The van der Waals surface area contributed by atoms with E-state index in [0.29, 0.717) is 5.69 Å². The number of carbonyl (C=O) groups excluding carboxylic acids is 1. The molecule has 1 atom stereocenters. The van der Waals surface area contributed by atoms with E-state index in [1.807, 2.05) is 0 Å². The lowest BCUT2D eigenvalue weighted by atomic mass is 10.3. The summed E-state index contributed by atoms with van der Waals surface area (Å²) in [6.07, 6.45) is 0. The van der Waals surface area contributed by atoms with Crippen molar-refractivity contribution in [2.24, 2.45) is 10.2 Å². The van der Waals surface area contributed by atoms with Gasteiger partial charge in [0.15, 0.2) is 0 Å². The molecule has 1 rings (SSSR count). The molecule has 0 heterocycles. The van der Waals surface area contributed by atoms with Crippen LogP contribution in [0.4, 0.5) is 10.1 Å². The van der Waals surface area contributed by atoms with Crippen LogP contribution in [0.2, 0.25) is 0 Å². The third-order valence-electron chi connectivity index (χ3n) is 1.72. The summed E-state index contributed by atoms with van der Waals surface area (Å²) in [4.78, 5) is 10.5. The smallest absolute Gasteiger partial charge is 0.302 e. The summed E-state index contributed by atoms with van der Waals surface area (Å²) in [5, 5.41) is 7.81. The Hall–Kier alpha value is -1.78. The van der Waals surface area contributed by atoms with E-state index in [-0.39, 0.29) is 24.4 Å². The molecule has 0 aromatic heterocycles. The van der Waals surface area contributed by atoms with Gasteiger partial charge in [0.2, 0.25) is 0 Å². The SMILES string of the molecule is CC(=O)OCC(C)N=Nc1ccc(F)cc1. The molecule has 0 aliphatic carbocycles. The summed E-state index contributed by atoms with van der Waals surface area (Å²) in [6, 6.07) is 5.46. The molecular weight excluding hydrogens is 211 g/mol. The Morgan fingerprint density at radius 3 is 2.62 bits per heavy atom. The number of esters is 1. The fraction of sp³-hybridized carbons (Fsp3) is 0.364. The number of rotatable bonds is 4. The van der Waals surface area contributed by atoms with E-state index < -0.39 is 0 Å². The standard InChI is InChI=1S/C11H13FN2O2/c1-8(7-16-9(2)15)13-14-11-5-3-10(12)4-6-11/h3-6,8H,7H2,1-2H3. The van der Waals surface area contributed by atoms with Crippen LogP contribution in [0.15, 0.2) is 34.5 Å². The first kappa shape index (κ1) is 12.3. The van der Waals surface area contributed by atoms with Gasteiger partial charge < -0.3 is 4.74 Å². The van der Waals surface area contributed by atoms with Gasteiger partial charge >= 0.3 is 5.97 Å². The highest BCUT2D eigenvalue weighted by atomic mass is 19.1. The van der Waals surface area contributed by atoms with Gasteiger partial charge in [-0.2, -0.15) is 10.2 Å². The second kappa shape index (κ2) is 5.95. The van der Waals surface area contributed by atoms with Crippen molar-refractivity contribution in [3.05, 3.63) is 30.1 Å². The minimum Gasteiger partial charge on any atom is -0.464 e. The summed E-state index contributed by atoms with van der Waals surface area (Å²) in [6.45, 7) is 3.31. The van der Waals surface area contributed by atoms with Crippen LogP contribution in [-0.2, 0) is 9.53 Å². The van der Waals surface area contributed by atoms with E-state index in [2.05, 4.69) is 10.2 Å². The van der Waals surface area contributed by atoms with E-state index in [1.165, 1.54) is 31.2 Å². The molecule has 0 saturated carbocycles. The van der Waals surface area contributed by atoms with Crippen molar-refractivity contribution in [1.29, 1.82) is 0 Å². The van der Waals surface area contributed by atoms with Gasteiger partial charge in [0.05, 0.1) is 5.69 Å². The van der Waals surface area contributed by atoms with Crippen LogP contribution in [0.5, 0.6) is 0 Å². The highest BCUT2D eigenvalue weighted by molar-refractivity contribution is 5.65. The molecule has 1 aromatic carbocycles. The summed E-state index contributed by atoms with van der Waals surface area (Å²) < 4.78 is 17.3.